The number of para-hydroxylation sites is 1. The van der Waals surface area contributed by atoms with Gasteiger partial charge in [0, 0.05) is 12.5 Å². The van der Waals surface area contributed by atoms with Gasteiger partial charge in [0.25, 0.3) is 0 Å². The molecule has 0 saturated carbocycles. The predicted molar refractivity (Wildman–Crippen MR) is 67.2 cm³/mol. The molecule has 5 heteroatoms. The molecule has 0 amide bonds. The summed E-state index contributed by atoms with van der Waals surface area (Å²) in [5.41, 5.74) is 1.14. The molecular weight excluding hydrogens is 250 g/mol. The van der Waals surface area contributed by atoms with Gasteiger partial charge in [-0.1, -0.05) is 18.2 Å². The smallest absolute Gasteiger partial charge is 0.168 e. The first-order valence-corrected chi connectivity index (χ1v) is 6.02. The van der Waals surface area contributed by atoms with Gasteiger partial charge in [0.2, 0.25) is 0 Å². The van der Waals surface area contributed by atoms with Gasteiger partial charge in [-0.25, -0.2) is 13.8 Å². The lowest BCUT2D eigenvalue weighted by Gasteiger charge is -2.12. The second-order valence-corrected chi connectivity index (χ2v) is 4.42. The van der Waals surface area contributed by atoms with E-state index in [1.54, 1.807) is 0 Å². The summed E-state index contributed by atoms with van der Waals surface area (Å²) in [7, 11) is 0. The van der Waals surface area contributed by atoms with Crippen molar-refractivity contribution in [1.82, 2.24) is 4.98 Å². The van der Waals surface area contributed by atoms with Gasteiger partial charge in [-0.2, -0.15) is 0 Å². The average Bonchev–Trinajstić information content (AvgIpc) is 2.80. The Labute approximate surface area is 109 Å². The van der Waals surface area contributed by atoms with Gasteiger partial charge in [0.15, 0.2) is 11.6 Å². The van der Waals surface area contributed by atoms with E-state index in [4.69, 9.17) is 4.74 Å². The zero-order valence-electron chi connectivity index (χ0n) is 10.1. The minimum absolute atomic E-state index is 0.0426. The number of hydrogen-bond acceptors (Lipinski definition) is 3. The minimum atomic E-state index is -0.699. The van der Waals surface area contributed by atoms with Crippen molar-refractivity contribution in [3.63, 3.8) is 0 Å². The fraction of sp³-hybridized carbons (Fsp3) is 0.214. The van der Waals surface area contributed by atoms with Crippen LogP contribution in [0.25, 0.3) is 0 Å². The van der Waals surface area contributed by atoms with Crippen molar-refractivity contribution < 1.29 is 13.5 Å². The highest BCUT2D eigenvalue weighted by Gasteiger charge is 2.22. The van der Waals surface area contributed by atoms with Gasteiger partial charge < -0.3 is 10.1 Å². The largest absolute Gasteiger partial charge is 0.488 e. The van der Waals surface area contributed by atoms with Crippen molar-refractivity contribution in [2.45, 2.75) is 12.5 Å². The number of aromatic nitrogens is 1. The summed E-state index contributed by atoms with van der Waals surface area (Å²) in [5.74, 6) is -0.481. The molecule has 0 saturated heterocycles. The van der Waals surface area contributed by atoms with Crippen molar-refractivity contribution in [2.75, 3.05) is 11.9 Å². The number of halogens is 2. The van der Waals surface area contributed by atoms with Crippen molar-refractivity contribution in [2.24, 2.45) is 0 Å². The van der Waals surface area contributed by atoms with Gasteiger partial charge in [0.1, 0.15) is 17.7 Å². The number of anilines is 1. The Bertz CT molecular complexity index is 579. The molecule has 3 rings (SSSR count). The van der Waals surface area contributed by atoms with Crippen LogP contribution in [0.2, 0.25) is 0 Å². The maximum Gasteiger partial charge on any atom is 0.168 e. The number of benzene rings is 1. The van der Waals surface area contributed by atoms with Crippen LogP contribution in [0.5, 0.6) is 5.75 Å². The molecule has 0 bridgehead atoms. The van der Waals surface area contributed by atoms with Crippen LogP contribution in [0, 0.1) is 11.6 Å². The van der Waals surface area contributed by atoms with Crippen molar-refractivity contribution in [3.05, 3.63) is 53.7 Å². The second kappa shape index (κ2) is 4.84. The third-order valence-electron chi connectivity index (χ3n) is 3.02. The SMILES string of the molecule is Fc1cnc(NCC2Cc3ccccc3O2)c(F)c1. The number of ether oxygens (including phenoxy) is 1. The van der Waals surface area contributed by atoms with Gasteiger partial charge in [-0.05, 0) is 11.6 Å². The summed E-state index contributed by atoms with van der Waals surface area (Å²) in [6, 6.07) is 8.59. The zero-order valence-corrected chi connectivity index (χ0v) is 10.1. The highest BCUT2D eigenvalue weighted by atomic mass is 19.1. The quantitative estimate of drug-likeness (QED) is 0.923. The summed E-state index contributed by atoms with van der Waals surface area (Å²) >= 11 is 0. The lowest BCUT2D eigenvalue weighted by Crippen LogP contribution is -2.24. The Morgan fingerprint density at radius 2 is 2.16 bits per heavy atom. The second-order valence-electron chi connectivity index (χ2n) is 4.42. The highest BCUT2D eigenvalue weighted by molar-refractivity contribution is 5.39. The summed E-state index contributed by atoms with van der Waals surface area (Å²) in [6.07, 6.45) is 1.69. The number of nitrogens with one attached hydrogen (secondary N) is 1. The molecule has 0 fully saturated rings. The molecule has 1 aliphatic rings. The maximum atomic E-state index is 13.4. The molecule has 1 aliphatic heterocycles. The highest BCUT2D eigenvalue weighted by Crippen LogP contribution is 2.28. The molecule has 0 spiro atoms. The Kier molecular flexibility index (Phi) is 3.03. The molecule has 1 atom stereocenters. The zero-order chi connectivity index (χ0) is 13.2. The van der Waals surface area contributed by atoms with E-state index < -0.39 is 11.6 Å². The number of hydrogen-bond donors (Lipinski definition) is 1. The number of rotatable bonds is 3. The molecule has 1 N–H and O–H groups in total. The summed E-state index contributed by atoms with van der Waals surface area (Å²) in [4.78, 5) is 3.67. The van der Waals surface area contributed by atoms with E-state index in [0.29, 0.717) is 6.54 Å². The molecule has 0 radical (unpaired) electrons. The Hall–Kier alpha value is -2.17. The van der Waals surface area contributed by atoms with E-state index >= 15 is 0 Å². The molecule has 0 aliphatic carbocycles. The van der Waals surface area contributed by atoms with Crippen LogP contribution in [-0.4, -0.2) is 17.6 Å². The van der Waals surface area contributed by atoms with Crippen molar-refractivity contribution in [1.29, 1.82) is 0 Å². The van der Waals surface area contributed by atoms with Crippen molar-refractivity contribution in [3.8, 4) is 5.75 Å². The van der Waals surface area contributed by atoms with Crippen LogP contribution in [0.3, 0.4) is 0 Å². The first kappa shape index (κ1) is 11.9. The normalized spacial score (nSPS) is 16.8. The molecule has 2 heterocycles. The lowest BCUT2D eigenvalue weighted by molar-refractivity contribution is 0.246. The van der Waals surface area contributed by atoms with E-state index in [2.05, 4.69) is 10.3 Å². The number of pyridine rings is 1. The first-order valence-electron chi connectivity index (χ1n) is 6.02. The Morgan fingerprint density at radius 1 is 1.32 bits per heavy atom. The fourth-order valence-electron chi connectivity index (χ4n) is 2.12. The van der Waals surface area contributed by atoms with Gasteiger partial charge in [0.05, 0.1) is 12.7 Å². The molecular formula is C14H12F2N2O. The van der Waals surface area contributed by atoms with Gasteiger partial charge >= 0.3 is 0 Å². The molecule has 19 heavy (non-hydrogen) atoms. The summed E-state index contributed by atoms with van der Waals surface area (Å²) in [6.45, 7) is 0.421. The van der Waals surface area contributed by atoms with Crippen LogP contribution >= 0.6 is 0 Å². The van der Waals surface area contributed by atoms with Crippen LogP contribution in [0.4, 0.5) is 14.6 Å². The van der Waals surface area contributed by atoms with Crippen LogP contribution in [-0.2, 0) is 6.42 Å². The van der Waals surface area contributed by atoms with E-state index in [1.165, 1.54) is 0 Å². The maximum absolute atomic E-state index is 13.4. The van der Waals surface area contributed by atoms with E-state index in [1.807, 2.05) is 24.3 Å². The van der Waals surface area contributed by atoms with Crippen molar-refractivity contribution >= 4 is 5.82 Å². The first-order chi connectivity index (χ1) is 9.22. The van der Waals surface area contributed by atoms with Crippen LogP contribution in [0.15, 0.2) is 36.5 Å². The van der Waals surface area contributed by atoms with E-state index in [9.17, 15) is 8.78 Å². The van der Waals surface area contributed by atoms with Crippen LogP contribution in [0.1, 0.15) is 5.56 Å². The van der Waals surface area contributed by atoms with Gasteiger partial charge in [-0.3, -0.25) is 0 Å². The lowest BCUT2D eigenvalue weighted by atomic mass is 10.1. The Morgan fingerprint density at radius 3 is 2.95 bits per heavy atom. The third kappa shape index (κ3) is 2.50. The van der Waals surface area contributed by atoms with Crippen LogP contribution < -0.4 is 10.1 Å². The molecule has 98 valence electrons. The fourth-order valence-corrected chi connectivity index (χ4v) is 2.12. The standard InChI is InChI=1S/C14H12F2N2O/c15-10-6-12(16)14(17-7-10)18-8-11-5-9-3-1-2-4-13(9)19-11/h1-4,6-7,11H,5,8H2,(H,17,18). The molecule has 1 aromatic heterocycles. The molecule has 3 nitrogen and oxygen atoms in total. The summed E-state index contributed by atoms with van der Waals surface area (Å²) < 4.78 is 31.8. The van der Waals surface area contributed by atoms with Gasteiger partial charge in [-0.15, -0.1) is 0 Å². The minimum Gasteiger partial charge on any atom is -0.488 e. The predicted octanol–water partition coefficient (Wildman–Crippen LogP) is 2.78. The average molecular weight is 262 g/mol. The number of nitrogens with zero attached hydrogens (tertiary/aromatic N) is 1. The Balaban J connectivity index is 1.63. The van der Waals surface area contributed by atoms with E-state index in [-0.39, 0.29) is 11.9 Å². The molecule has 1 aromatic carbocycles. The summed E-state index contributed by atoms with van der Waals surface area (Å²) in [5, 5.41) is 2.84. The monoisotopic (exact) mass is 262 g/mol. The van der Waals surface area contributed by atoms with E-state index in [0.717, 1.165) is 30.0 Å². The topological polar surface area (TPSA) is 34.2 Å². The third-order valence-corrected chi connectivity index (χ3v) is 3.02. The molecule has 2 aromatic rings. The molecule has 1 unspecified atom stereocenters. The number of fused-ring (bicyclic) bond motifs is 1.